The number of amides is 1. The Kier molecular flexibility index (Phi) is 3.76. The van der Waals surface area contributed by atoms with Crippen LogP contribution in [0.15, 0.2) is 47.8 Å². The number of benzene rings is 1. The first-order valence-corrected chi connectivity index (χ1v) is 7.49. The van der Waals surface area contributed by atoms with Crippen LogP contribution in [0.4, 0.5) is 0 Å². The van der Waals surface area contributed by atoms with E-state index in [1.165, 1.54) is 0 Å². The molecule has 104 valence electrons. The number of H-pyrrole nitrogens is 1. The summed E-state index contributed by atoms with van der Waals surface area (Å²) in [5.41, 5.74) is 1.53. The molecule has 1 N–H and O–H groups in total. The fourth-order valence-corrected chi connectivity index (χ4v) is 2.98. The molecule has 0 unspecified atom stereocenters. The van der Waals surface area contributed by atoms with Crippen LogP contribution < -0.4 is 0 Å². The molecule has 0 spiro atoms. The van der Waals surface area contributed by atoms with Crippen LogP contribution in [0, 0.1) is 12.3 Å². The average Bonchev–Trinajstić information content (AvgIpc) is 3.14. The Morgan fingerprint density at radius 1 is 1.29 bits per heavy atom. The van der Waals surface area contributed by atoms with Crippen molar-refractivity contribution >= 4 is 28.1 Å². The predicted molar refractivity (Wildman–Crippen MR) is 86.2 cm³/mol. The van der Waals surface area contributed by atoms with Gasteiger partial charge in [-0.05, 0) is 23.6 Å². The van der Waals surface area contributed by atoms with Crippen LogP contribution in [-0.2, 0) is 6.54 Å². The van der Waals surface area contributed by atoms with Crippen molar-refractivity contribution in [1.82, 2.24) is 9.88 Å². The summed E-state index contributed by atoms with van der Waals surface area (Å²) in [5.74, 6) is 2.49. The lowest BCUT2D eigenvalue weighted by atomic mass is 10.2. The lowest BCUT2D eigenvalue weighted by molar-refractivity contribution is 0.0762. The van der Waals surface area contributed by atoms with E-state index < -0.39 is 0 Å². The first-order chi connectivity index (χ1) is 10.3. The molecule has 1 amide bonds. The zero-order chi connectivity index (χ0) is 14.7. The van der Waals surface area contributed by atoms with Crippen LogP contribution in [0.2, 0.25) is 0 Å². The second kappa shape index (κ2) is 5.86. The Bertz CT molecular complexity index is 763. The molecule has 0 fully saturated rings. The van der Waals surface area contributed by atoms with Gasteiger partial charge in [0.2, 0.25) is 0 Å². The number of aromatic amines is 1. The number of nitrogens with one attached hydrogen (secondary N) is 1. The molecular weight excluding hydrogens is 280 g/mol. The Morgan fingerprint density at radius 2 is 2.14 bits per heavy atom. The molecule has 0 saturated heterocycles. The average molecular weight is 294 g/mol. The van der Waals surface area contributed by atoms with Gasteiger partial charge in [0.05, 0.1) is 13.1 Å². The van der Waals surface area contributed by atoms with Crippen LogP contribution in [0.5, 0.6) is 0 Å². The van der Waals surface area contributed by atoms with Crippen molar-refractivity contribution in [3.63, 3.8) is 0 Å². The van der Waals surface area contributed by atoms with Gasteiger partial charge < -0.3 is 9.88 Å². The van der Waals surface area contributed by atoms with Crippen LogP contribution in [0.25, 0.3) is 10.9 Å². The molecule has 4 heteroatoms. The summed E-state index contributed by atoms with van der Waals surface area (Å²) in [4.78, 5) is 18.6. The maximum Gasteiger partial charge on any atom is 0.271 e. The molecule has 0 saturated carbocycles. The van der Waals surface area contributed by atoms with Gasteiger partial charge in [0.15, 0.2) is 0 Å². The zero-order valence-electron chi connectivity index (χ0n) is 11.4. The molecule has 0 aliphatic heterocycles. The highest BCUT2D eigenvalue weighted by Crippen LogP contribution is 2.18. The molecule has 0 atom stereocenters. The van der Waals surface area contributed by atoms with Gasteiger partial charge in [-0.1, -0.05) is 30.2 Å². The number of rotatable bonds is 4. The number of carbonyl (C=O) groups excluding carboxylic acids is 1. The van der Waals surface area contributed by atoms with Crippen molar-refractivity contribution < 1.29 is 4.79 Å². The number of carbonyl (C=O) groups is 1. The molecule has 0 aliphatic carbocycles. The monoisotopic (exact) mass is 294 g/mol. The lowest BCUT2D eigenvalue weighted by Gasteiger charge is -2.18. The molecule has 0 radical (unpaired) electrons. The van der Waals surface area contributed by atoms with Gasteiger partial charge in [0.1, 0.15) is 5.69 Å². The van der Waals surface area contributed by atoms with Gasteiger partial charge >= 0.3 is 0 Å². The summed E-state index contributed by atoms with van der Waals surface area (Å²) in [6.07, 6.45) is 5.40. The molecule has 2 heterocycles. The minimum Gasteiger partial charge on any atom is -0.351 e. The lowest BCUT2D eigenvalue weighted by Crippen LogP contribution is -2.30. The fourth-order valence-electron chi connectivity index (χ4n) is 2.26. The van der Waals surface area contributed by atoms with E-state index >= 15 is 0 Å². The SMILES string of the molecule is C#CCN(Cc1cccs1)C(=O)c1cc2ccccc2[nH]1. The normalized spacial score (nSPS) is 10.4. The van der Waals surface area contributed by atoms with Crippen LogP contribution in [0.1, 0.15) is 15.4 Å². The van der Waals surface area contributed by atoms with Gasteiger partial charge in [0.25, 0.3) is 5.91 Å². The third-order valence-corrected chi connectivity index (χ3v) is 4.12. The minimum absolute atomic E-state index is 0.0717. The second-order valence-electron chi connectivity index (χ2n) is 4.71. The molecule has 2 aromatic heterocycles. The number of para-hydroxylation sites is 1. The van der Waals surface area contributed by atoms with E-state index in [2.05, 4.69) is 10.9 Å². The van der Waals surface area contributed by atoms with Gasteiger partial charge in [-0.3, -0.25) is 4.79 Å². The summed E-state index contributed by atoms with van der Waals surface area (Å²) < 4.78 is 0. The zero-order valence-corrected chi connectivity index (χ0v) is 12.2. The summed E-state index contributed by atoms with van der Waals surface area (Å²) in [5, 5.41) is 3.02. The number of aromatic nitrogens is 1. The number of nitrogens with zero attached hydrogens (tertiary/aromatic N) is 1. The van der Waals surface area contributed by atoms with Crippen molar-refractivity contribution in [3.05, 3.63) is 58.4 Å². The fraction of sp³-hybridized carbons (Fsp3) is 0.118. The van der Waals surface area contributed by atoms with Crippen molar-refractivity contribution in [1.29, 1.82) is 0 Å². The molecule has 3 nitrogen and oxygen atoms in total. The van der Waals surface area contributed by atoms with E-state index in [0.29, 0.717) is 18.8 Å². The van der Waals surface area contributed by atoms with Gasteiger partial charge in [-0.15, -0.1) is 17.8 Å². The van der Waals surface area contributed by atoms with E-state index in [0.717, 1.165) is 15.8 Å². The largest absolute Gasteiger partial charge is 0.351 e. The summed E-state index contributed by atoms with van der Waals surface area (Å²) in [6.45, 7) is 0.835. The molecule has 1 aromatic carbocycles. The van der Waals surface area contributed by atoms with E-state index in [9.17, 15) is 4.79 Å². The van der Waals surface area contributed by atoms with E-state index in [-0.39, 0.29) is 5.91 Å². The molecule has 21 heavy (non-hydrogen) atoms. The number of terminal acetylenes is 1. The third kappa shape index (κ3) is 2.83. The number of hydrogen-bond acceptors (Lipinski definition) is 2. The molecule has 0 aliphatic rings. The van der Waals surface area contributed by atoms with E-state index in [1.807, 2.05) is 47.8 Å². The number of thiophene rings is 1. The van der Waals surface area contributed by atoms with Gasteiger partial charge in [0, 0.05) is 15.8 Å². The standard InChI is InChI=1S/C17H14N2OS/c1-2-9-19(12-14-7-5-10-21-14)17(20)16-11-13-6-3-4-8-15(13)18-16/h1,3-8,10-11,18H,9,12H2. The minimum atomic E-state index is -0.0717. The first-order valence-electron chi connectivity index (χ1n) is 6.61. The van der Waals surface area contributed by atoms with Crippen molar-refractivity contribution in [2.45, 2.75) is 6.54 Å². The summed E-state index contributed by atoms with van der Waals surface area (Å²) in [6, 6.07) is 13.7. The Morgan fingerprint density at radius 3 is 2.86 bits per heavy atom. The maximum absolute atomic E-state index is 12.6. The van der Waals surface area contributed by atoms with Crippen molar-refractivity contribution in [2.75, 3.05) is 6.54 Å². The highest BCUT2D eigenvalue weighted by Gasteiger charge is 2.17. The van der Waals surface area contributed by atoms with Crippen molar-refractivity contribution in [2.24, 2.45) is 0 Å². The van der Waals surface area contributed by atoms with Gasteiger partial charge in [-0.2, -0.15) is 0 Å². The topological polar surface area (TPSA) is 36.1 Å². The summed E-state index contributed by atoms with van der Waals surface area (Å²) in [7, 11) is 0. The predicted octanol–water partition coefficient (Wildman–Crippen LogP) is 3.51. The number of hydrogen-bond donors (Lipinski definition) is 1. The van der Waals surface area contributed by atoms with Crippen LogP contribution in [-0.4, -0.2) is 22.3 Å². The van der Waals surface area contributed by atoms with Crippen LogP contribution in [0.3, 0.4) is 0 Å². The smallest absolute Gasteiger partial charge is 0.271 e. The van der Waals surface area contributed by atoms with E-state index in [1.54, 1.807) is 16.2 Å². The number of fused-ring (bicyclic) bond motifs is 1. The van der Waals surface area contributed by atoms with Crippen molar-refractivity contribution in [3.8, 4) is 12.3 Å². The van der Waals surface area contributed by atoms with Gasteiger partial charge in [-0.25, -0.2) is 0 Å². The molecule has 0 bridgehead atoms. The summed E-state index contributed by atoms with van der Waals surface area (Å²) >= 11 is 1.62. The quantitative estimate of drug-likeness (QED) is 0.734. The van der Waals surface area contributed by atoms with E-state index in [4.69, 9.17) is 6.42 Å². The molecule has 3 rings (SSSR count). The Labute approximate surface area is 127 Å². The maximum atomic E-state index is 12.6. The Hall–Kier alpha value is -2.51. The van der Waals surface area contributed by atoms with Crippen LogP contribution >= 0.6 is 11.3 Å². The Balaban J connectivity index is 1.88. The highest BCUT2D eigenvalue weighted by molar-refractivity contribution is 7.09. The second-order valence-corrected chi connectivity index (χ2v) is 5.75. The first kappa shape index (κ1) is 13.5. The third-order valence-electron chi connectivity index (χ3n) is 3.26. The molecular formula is C17H14N2OS. The highest BCUT2D eigenvalue weighted by atomic mass is 32.1. The molecule has 3 aromatic rings.